The van der Waals surface area contributed by atoms with E-state index in [1.54, 1.807) is 41.1 Å². The molecule has 0 saturated heterocycles. The van der Waals surface area contributed by atoms with E-state index in [-0.39, 0.29) is 36.4 Å². The number of rotatable bonds is 5. The Balaban J connectivity index is 1.94. The molecule has 3 heterocycles. The fourth-order valence-electron chi connectivity index (χ4n) is 3.52. The number of imidazole rings is 2. The van der Waals surface area contributed by atoms with Gasteiger partial charge in [-0.25, -0.2) is 9.18 Å². The van der Waals surface area contributed by atoms with Crippen molar-refractivity contribution in [2.45, 2.75) is 26.9 Å². The third kappa shape index (κ3) is 3.00. The van der Waals surface area contributed by atoms with Gasteiger partial charge in [0.15, 0.2) is 11.2 Å². The van der Waals surface area contributed by atoms with E-state index < -0.39 is 23.0 Å². The van der Waals surface area contributed by atoms with Crippen LogP contribution in [-0.2, 0) is 29.7 Å². The fraction of sp³-hybridized carbons (Fsp3) is 0.300. The molecule has 4 aromatic rings. The fourth-order valence-corrected chi connectivity index (χ4v) is 3.52. The molecule has 0 aliphatic carbocycles. The number of nitrogens with zero attached hydrogens (tertiary/aromatic N) is 5. The number of aryl methyl sites for hydroxylation is 2. The van der Waals surface area contributed by atoms with Crippen molar-refractivity contribution >= 4 is 22.9 Å². The maximum Gasteiger partial charge on any atom is 0.332 e. The Kier molecular flexibility index (Phi) is 4.76. The lowest BCUT2D eigenvalue weighted by molar-refractivity contribution is -0.143. The zero-order chi connectivity index (χ0) is 21.6. The molecule has 0 unspecified atom stereocenters. The Bertz CT molecular complexity index is 1410. The summed E-state index contributed by atoms with van der Waals surface area (Å²) in [6, 6.07) is 5.98. The van der Waals surface area contributed by atoms with Crippen LogP contribution in [0.15, 0.2) is 40.1 Å². The Morgan fingerprint density at radius 2 is 1.93 bits per heavy atom. The number of ether oxygens (including phenoxy) is 1. The maximum atomic E-state index is 14.1. The molecule has 0 bridgehead atoms. The van der Waals surface area contributed by atoms with Crippen molar-refractivity contribution in [3.8, 4) is 0 Å². The highest BCUT2D eigenvalue weighted by Crippen LogP contribution is 2.16. The van der Waals surface area contributed by atoms with Crippen LogP contribution in [0.1, 0.15) is 18.2 Å². The van der Waals surface area contributed by atoms with E-state index >= 15 is 0 Å². The zero-order valence-electron chi connectivity index (χ0n) is 16.8. The number of fused-ring (bicyclic) bond motifs is 3. The van der Waals surface area contributed by atoms with Gasteiger partial charge in [0.25, 0.3) is 5.56 Å². The topological polar surface area (TPSA) is 92.5 Å². The summed E-state index contributed by atoms with van der Waals surface area (Å²) in [5, 5.41) is 0. The lowest BCUT2D eigenvalue weighted by atomic mass is 10.2. The van der Waals surface area contributed by atoms with Gasteiger partial charge in [-0.2, -0.15) is 4.98 Å². The standard InChI is InChI=1S/C20H20FN5O4/c1-4-30-15(27)11-24-12(2)9-25-16-17(22-19(24)25)23(3)20(29)26(18(16)28)10-13-7-5-6-8-14(13)21/h5-9H,4,10-11H2,1-3H3. The number of hydrogen-bond acceptors (Lipinski definition) is 5. The number of esters is 1. The molecule has 0 N–H and O–H groups in total. The maximum absolute atomic E-state index is 14.1. The van der Waals surface area contributed by atoms with Gasteiger partial charge in [-0.15, -0.1) is 0 Å². The summed E-state index contributed by atoms with van der Waals surface area (Å²) in [5.74, 6) is -0.593. The first-order chi connectivity index (χ1) is 14.3. The number of benzene rings is 1. The average Bonchev–Trinajstić information content (AvgIpc) is 3.21. The van der Waals surface area contributed by atoms with Crippen molar-refractivity contribution in [3.63, 3.8) is 0 Å². The molecule has 1 aromatic carbocycles. The number of halogens is 1. The van der Waals surface area contributed by atoms with Gasteiger partial charge in [0.2, 0.25) is 5.78 Å². The van der Waals surface area contributed by atoms with Crippen LogP contribution in [0.4, 0.5) is 4.39 Å². The van der Waals surface area contributed by atoms with Crippen molar-refractivity contribution in [3.05, 3.63) is 68.4 Å². The van der Waals surface area contributed by atoms with Crippen molar-refractivity contribution in [1.82, 2.24) is 23.1 Å². The average molecular weight is 413 g/mol. The van der Waals surface area contributed by atoms with Crippen LogP contribution in [0.25, 0.3) is 16.9 Å². The minimum absolute atomic E-state index is 0.0726. The van der Waals surface area contributed by atoms with Gasteiger partial charge in [-0.3, -0.25) is 23.1 Å². The van der Waals surface area contributed by atoms with Crippen LogP contribution in [0, 0.1) is 12.7 Å². The van der Waals surface area contributed by atoms with Gasteiger partial charge in [-0.05, 0) is 19.9 Å². The largest absolute Gasteiger partial charge is 0.465 e. The van der Waals surface area contributed by atoms with Crippen LogP contribution < -0.4 is 11.2 Å². The van der Waals surface area contributed by atoms with Gasteiger partial charge in [0.1, 0.15) is 12.4 Å². The molecule has 4 rings (SSSR count). The van der Waals surface area contributed by atoms with Crippen LogP contribution >= 0.6 is 0 Å². The molecule has 0 amide bonds. The minimum Gasteiger partial charge on any atom is -0.465 e. The molecule has 0 atom stereocenters. The third-order valence-electron chi connectivity index (χ3n) is 5.02. The van der Waals surface area contributed by atoms with Crippen LogP contribution in [0.2, 0.25) is 0 Å². The van der Waals surface area contributed by atoms with E-state index in [1.165, 1.54) is 23.7 Å². The summed E-state index contributed by atoms with van der Waals surface area (Å²) >= 11 is 0. The van der Waals surface area contributed by atoms with Crippen LogP contribution in [0.5, 0.6) is 0 Å². The molecular formula is C20H20FN5O4. The Labute approximate surface area is 169 Å². The van der Waals surface area contributed by atoms with Crippen molar-refractivity contribution in [1.29, 1.82) is 0 Å². The molecule has 0 aliphatic rings. The highest BCUT2D eigenvalue weighted by molar-refractivity contribution is 5.77. The van der Waals surface area contributed by atoms with Gasteiger partial charge < -0.3 is 9.30 Å². The molecule has 10 heteroatoms. The number of carbonyl (C=O) groups is 1. The lowest BCUT2D eigenvalue weighted by Crippen LogP contribution is -2.39. The predicted molar refractivity (Wildman–Crippen MR) is 107 cm³/mol. The monoisotopic (exact) mass is 413 g/mol. The minimum atomic E-state index is -0.606. The normalized spacial score (nSPS) is 11.5. The predicted octanol–water partition coefficient (Wildman–Crippen LogP) is 1.21. The second-order valence-electron chi connectivity index (χ2n) is 6.94. The highest BCUT2D eigenvalue weighted by atomic mass is 19.1. The number of aromatic nitrogens is 5. The second-order valence-corrected chi connectivity index (χ2v) is 6.94. The summed E-state index contributed by atoms with van der Waals surface area (Å²) in [6.07, 6.45) is 1.67. The van der Waals surface area contributed by atoms with Gasteiger partial charge >= 0.3 is 11.7 Å². The van der Waals surface area contributed by atoms with Crippen LogP contribution in [0.3, 0.4) is 0 Å². The first kappa shape index (κ1) is 19.6. The molecule has 9 nitrogen and oxygen atoms in total. The van der Waals surface area contributed by atoms with E-state index in [0.717, 1.165) is 4.57 Å². The van der Waals surface area contributed by atoms with Crippen molar-refractivity contribution in [2.75, 3.05) is 6.61 Å². The third-order valence-corrected chi connectivity index (χ3v) is 5.02. The quantitative estimate of drug-likeness (QED) is 0.459. The SMILES string of the molecule is CCOC(=O)Cn1c(C)cn2c3c(=O)n(Cc4ccccc4F)c(=O)n(C)c3nc12. The highest BCUT2D eigenvalue weighted by Gasteiger charge is 2.21. The molecule has 3 aromatic heterocycles. The van der Waals surface area contributed by atoms with E-state index in [2.05, 4.69) is 4.98 Å². The molecule has 0 radical (unpaired) electrons. The summed E-state index contributed by atoms with van der Waals surface area (Å²) < 4.78 is 24.5. The Hall–Kier alpha value is -3.69. The van der Waals surface area contributed by atoms with Gasteiger partial charge in [0, 0.05) is 24.5 Å². The summed E-state index contributed by atoms with van der Waals surface area (Å²) in [4.78, 5) is 42.4. The molecule has 0 aliphatic heterocycles. The summed E-state index contributed by atoms with van der Waals surface area (Å²) in [6.45, 7) is 3.47. The van der Waals surface area contributed by atoms with E-state index in [0.29, 0.717) is 11.5 Å². The Morgan fingerprint density at radius 3 is 2.63 bits per heavy atom. The van der Waals surface area contributed by atoms with E-state index in [1.807, 2.05) is 0 Å². The molecule has 156 valence electrons. The molecule has 30 heavy (non-hydrogen) atoms. The van der Waals surface area contributed by atoms with Crippen molar-refractivity contribution in [2.24, 2.45) is 7.05 Å². The first-order valence-corrected chi connectivity index (χ1v) is 9.40. The number of hydrogen-bond donors (Lipinski definition) is 0. The zero-order valence-corrected chi connectivity index (χ0v) is 16.8. The first-order valence-electron chi connectivity index (χ1n) is 9.40. The number of carbonyl (C=O) groups excluding carboxylic acids is 1. The van der Waals surface area contributed by atoms with Gasteiger partial charge in [-0.1, -0.05) is 18.2 Å². The molecule has 0 spiro atoms. The summed E-state index contributed by atoms with van der Waals surface area (Å²) in [5.41, 5.74) is 0.0908. The van der Waals surface area contributed by atoms with E-state index in [9.17, 15) is 18.8 Å². The smallest absolute Gasteiger partial charge is 0.332 e. The Morgan fingerprint density at radius 1 is 1.20 bits per heavy atom. The van der Waals surface area contributed by atoms with Crippen molar-refractivity contribution < 1.29 is 13.9 Å². The second kappa shape index (κ2) is 7.29. The lowest BCUT2D eigenvalue weighted by Gasteiger charge is -2.09. The molecule has 0 fully saturated rings. The van der Waals surface area contributed by atoms with Crippen LogP contribution in [-0.4, -0.2) is 35.7 Å². The molecule has 0 saturated carbocycles. The van der Waals surface area contributed by atoms with E-state index in [4.69, 9.17) is 4.74 Å². The molecular weight excluding hydrogens is 393 g/mol. The van der Waals surface area contributed by atoms with Gasteiger partial charge in [0.05, 0.1) is 13.2 Å². The summed E-state index contributed by atoms with van der Waals surface area (Å²) in [7, 11) is 1.50.